The summed E-state index contributed by atoms with van der Waals surface area (Å²) in [5, 5.41) is 11.1. The number of halogens is 3. The number of imide groups is 2. The molecule has 2 aromatic carbocycles. The molecule has 6 unspecified atom stereocenters. The second kappa shape index (κ2) is 8.89. The number of hydrogen-bond acceptors (Lipinski definition) is 5. The maximum absolute atomic E-state index is 14.3. The maximum atomic E-state index is 14.3. The van der Waals surface area contributed by atoms with Crippen molar-refractivity contribution in [1.29, 1.82) is 0 Å². The standard InChI is InChI=1S/C29H25Cl2FN2O5/c1-3-33-25(36)16-7-6-15-17(23(16)27(33)38)12-19-26(37)34(14-5-8-21(32)20(31)11-14)28(39)29(19,2)24(15)18-10-13(30)4-9-22(18)35/h4-6,8-11,16-17,19,23-24,35H,3,7,12H2,1-2H3. The Hall–Kier alpha value is -3.23. The summed E-state index contributed by atoms with van der Waals surface area (Å²) in [4.78, 5) is 57.1. The van der Waals surface area contributed by atoms with E-state index < -0.39 is 52.6 Å². The molecule has 4 amide bonds. The van der Waals surface area contributed by atoms with Gasteiger partial charge in [-0.2, -0.15) is 0 Å². The van der Waals surface area contributed by atoms with Crippen molar-refractivity contribution in [1.82, 2.24) is 4.90 Å². The Balaban J connectivity index is 1.55. The van der Waals surface area contributed by atoms with Gasteiger partial charge < -0.3 is 5.11 Å². The van der Waals surface area contributed by atoms with Gasteiger partial charge in [-0.15, -0.1) is 0 Å². The monoisotopic (exact) mass is 570 g/mol. The minimum Gasteiger partial charge on any atom is -0.508 e. The van der Waals surface area contributed by atoms with Gasteiger partial charge in [0.15, 0.2) is 0 Å². The van der Waals surface area contributed by atoms with Gasteiger partial charge in [0.05, 0.1) is 33.9 Å². The number of phenolic OH excluding ortho intramolecular Hbond substituents is 1. The minimum atomic E-state index is -1.36. The zero-order valence-corrected chi connectivity index (χ0v) is 22.7. The summed E-state index contributed by atoms with van der Waals surface area (Å²) in [7, 11) is 0. The van der Waals surface area contributed by atoms with Crippen LogP contribution in [-0.2, 0) is 19.2 Å². The van der Waals surface area contributed by atoms with Crippen molar-refractivity contribution in [3.05, 3.63) is 69.5 Å². The van der Waals surface area contributed by atoms with Crippen LogP contribution in [0.25, 0.3) is 0 Å². The van der Waals surface area contributed by atoms with Gasteiger partial charge in [-0.3, -0.25) is 24.1 Å². The van der Waals surface area contributed by atoms with Crippen LogP contribution in [0.2, 0.25) is 10.0 Å². The van der Waals surface area contributed by atoms with Crippen LogP contribution in [-0.4, -0.2) is 40.2 Å². The van der Waals surface area contributed by atoms with Crippen LogP contribution in [0.4, 0.5) is 10.1 Å². The number of hydrogen-bond donors (Lipinski definition) is 1. The molecule has 2 heterocycles. The summed E-state index contributed by atoms with van der Waals surface area (Å²) in [6.07, 6.45) is 2.39. The number of aromatic hydroxyl groups is 1. The predicted molar refractivity (Wildman–Crippen MR) is 142 cm³/mol. The van der Waals surface area contributed by atoms with Crippen molar-refractivity contribution in [3.63, 3.8) is 0 Å². The third-order valence-corrected chi connectivity index (χ3v) is 9.67. The number of carbonyl (C=O) groups excluding carboxylic acids is 4. The highest BCUT2D eigenvalue weighted by Crippen LogP contribution is 2.64. The highest BCUT2D eigenvalue weighted by Gasteiger charge is 2.67. The van der Waals surface area contributed by atoms with E-state index in [1.165, 1.54) is 29.2 Å². The lowest BCUT2D eigenvalue weighted by atomic mass is 9.51. The maximum Gasteiger partial charge on any atom is 0.241 e. The number of likely N-dealkylation sites (tertiary alicyclic amines) is 1. The van der Waals surface area contributed by atoms with E-state index in [-0.39, 0.29) is 41.2 Å². The summed E-state index contributed by atoms with van der Waals surface area (Å²) >= 11 is 12.3. The second-order valence-electron chi connectivity index (χ2n) is 10.9. The molecule has 0 radical (unpaired) electrons. The fraction of sp³-hybridized carbons (Fsp3) is 0.379. The Kier molecular flexibility index (Phi) is 5.93. The quantitative estimate of drug-likeness (QED) is 0.409. The molecule has 3 fully saturated rings. The van der Waals surface area contributed by atoms with Gasteiger partial charge in [0, 0.05) is 23.0 Å². The van der Waals surface area contributed by atoms with E-state index in [2.05, 4.69) is 0 Å². The molecule has 1 saturated carbocycles. The number of benzene rings is 2. The molecule has 202 valence electrons. The molecule has 1 N–H and O–H groups in total. The van der Waals surface area contributed by atoms with Crippen LogP contribution in [0.15, 0.2) is 48.0 Å². The molecular weight excluding hydrogens is 546 g/mol. The molecule has 0 spiro atoms. The summed E-state index contributed by atoms with van der Waals surface area (Å²) in [6, 6.07) is 8.20. The number of nitrogens with zero attached hydrogens (tertiary/aromatic N) is 2. The summed E-state index contributed by atoms with van der Waals surface area (Å²) < 4.78 is 13.9. The molecule has 2 saturated heterocycles. The van der Waals surface area contributed by atoms with Gasteiger partial charge in [-0.1, -0.05) is 34.9 Å². The molecule has 10 heteroatoms. The number of amides is 4. The molecule has 2 aliphatic heterocycles. The van der Waals surface area contributed by atoms with E-state index in [4.69, 9.17) is 23.2 Å². The number of anilines is 1. The first-order valence-corrected chi connectivity index (χ1v) is 13.6. The number of allylic oxidation sites excluding steroid dienone is 2. The second-order valence-corrected chi connectivity index (χ2v) is 11.7. The van der Waals surface area contributed by atoms with Crippen molar-refractivity contribution >= 4 is 52.5 Å². The average Bonchev–Trinajstić information content (AvgIpc) is 3.26. The third-order valence-electron chi connectivity index (χ3n) is 9.14. The zero-order chi connectivity index (χ0) is 28.0. The Morgan fingerprint density at radius 2 is 1.77 bits per heavy atom. The van der Waals surface area contributed by atoms with E-state index >= 15 is 0 Å². The van der Waals surface area contributed by atoms with Crippen LogP contribution >= 0.6 is 23.2 Å². The van der Waals surface area contributed by atoms with Gasteiger partial charge >= 0.3 is 0 Å². The molecule has 6 atom stereocenters. The van der Waals surface area contributed by atoms with Crippen LogP contribution in [0.5, 0.6) is 5.75 Å². The Morgan fingerprint density at radius 3 is 2.46 bits per heavy atom. The topological polar surface area (TPSA) is 95.0 Å². The fourth-order valence-electron chi connectivity index (χ4n) is 7.36. The average molecular weight is 571 g/mol. The zero-order valence-electron chi connectivity index (χ0n) is 21.2. The van der Waals surface area contributed by atoms with Crippen LogP contribution in [0.3, 0.4) is 0 Å². The number of carbonyl (C=O) groups is 4. The summed E-state index contributed by atoms with van der Waals surface area (Å²) in [6.45, 7) is 3.69. The molecule has 6 rings (SSSR count). The number of phenols is 1. The van der Waals surface area contributed by atoms with Gasteiger partial charge in [0.25, 0.3) is 0 Å². The molecular formula is C29H25Cl2FN2O5. The van der Waals surface area contributed by atoms with Gasteiger partial charge in [0.1, 0.15) is 11.6 Å². The van der Waals surface area contributed by atoms with E-state index in [1.807, 2.05) is 6.08 Å². The highest BCUT2D eigenvalue weighted by atomic mass is 35.5. The van der Waals surface area contributed by atoms with E-state index in [9.17, 15) is 28.7 Å². The lowest BCUT2D eigenvalue weighted by molar-refractivity contribution is -0.140. The smallest absolute Gasteiger partial charge is 0.241 e. The van der Waals surface area contributed by atoms with Crippen LogP contribution < -0.4 is 4.90 Å². The number of fused-ring (bicyclic) bond motifs is 4. The number of rotatable bonds is 3. The van der Waals surface area contributed by atoms with Gasteiger partial charge in [0.2, 0.25) is 23.6 Å². The van der Waals surface area contributed by atoms with Gasteiger partial charge in [-0.05, 0) is 69.0 Å². The summed E-state index contributed by atoms with van der Waals surface area (Å²) in [5.74, 6) is -5.67. The van der Waals surface area contributed by atoms with Crippen molar-refractivity contribution in [3.8, 4) is 5.75 Å². The molecule has 39 heavy (non-hydrogen) atoms. The van der Waals surface area contributed by atoms with Crippen molar-refractivity contribution in [2.45, 2.75) is 32.6 Å². The fourth-order valence-corrected chi connectivity index (χ4v) is 7.72. The molecule has 0 aromatic heterocycles. The molecule has 4 aliphatic rings. The molecule has 7 nitrogen and oxygen atoms in total. The third kappa shape index (κ3) is 3.47. The van der Waals surface area contributed by atoms with Crippen LogP contribution in [0, 0.1) is 34.9 Å². The summed E-state index contributed by atoms with van der Waals surface area (Å²) in [5.41, 5.74) is -0.105. The van der Waals surface area contributed by atoms with Crippen molar-refractivity contribution < 1.29 is 28.7 Å². The van der Waals surface area contributed by atoms with Crippen molar-refractivity contribution in [2.24, 2.45) is 29.1 Å². The Bertz CT molecular complexity index is 1510. The lowest BCUT2D eigenvalue weighted by Crippen LogP contribution is -2.48. The SMILES string of the molecule is CCN1C(=O)C2CC=C3C(CC4C(=O)N(c5ccc(F)c(Cl)c5)C(=O)C4(C)C3c3cc(Cl)ccc3O)C2C1=O. The first-order valence-electron chi connectivity index (χ1n) is 12.9. The van der Waals surface area contributed by atoms with Crippen LogP contribution in [0.1, 0.15) is 38.2 Å². The lowest BCUT2D eigenvalue weighted by Gasteiger charge is -2.49. The molecule has 2 aliphatic carbocycles. The largest absolute Gasteiger partial charge is 0.508 e. The van der Waals surface area contributed by atoms with E-state index in [1.54, 1.807) is 19.9 Å². The minimum absolute atomic E-state index is 0.0967. The molecule has 0 bridgehead atoms. The molecule has 2 aromatic rings. The first kappa shape index (κ1) is 26.0. The van der Waals surface area contributed by atoms with E-state index in [0.717, 1.165) is 16.5 Å². The predicted octanol–water partition coefficient (Wildman–Crippen LogP) is 5.09. The van der Waals surface area contributed by atoms with Gasteiger partial charge in [-0.25, -0.2) is 9.29 Å². The first-order chi connectivity index (χ1) is 18.5. The van der Waals surface area contributed by atoms with Crippen molar-refractivity contribution in [2.75, 3.05) is 11.4 Å². The normalized spacial score (nSPS) is 31.8. The van der Waals surface area contributed by atoms with E-state index in [0.29, 0.717) is 17.0 Å². The Labute approximate surface area is 234 Å². The Morgan fingerprint density at radius 1 is 1.03 bits per heavy atom. The highest BCUT2D eigenvalue weighted by molar-refractivity contribution is 6.32.